The van der Waals surface area contributed by atoms with Crippen LogP contribution in [0.5, 0.6) is 0 Å². The SMILES string of the molecule is CCC(=O)[C@H](C[C@@H]1CCNC1=O)NC(=O)[C@@H](N)Cc1ccccc1. The van der Waals surface area contributed by atoms with Crippen LogP contribution in [0.25, 0.3) is 0 Å². The second-order valence-electron chi connectivity index (χ2n) is 6.19. The lowest BCUT2D eigenvalue weighted by atomic mass is 9.94. The van der Waals surface area contributed by atoms with Crippen molar-refractivity contribution in [2.45, 2.75) is 44.7 Å². The first kappa shape index (κ1) is 18.1. The summed E-state index contributed by atoms with van der Waals surface area (Å²) in [6.45, 7) is 2.37. The highest BCUT2D eigenvalue weighted by Crippen LogP contribution is 2.17. The van der Waals surface area contributed by atoms with Gasteiger partial charge in [0, 0.05) is 18.9 Å². The second-order valence-corrected chi connectivity index (χ2v) is 6.19. The Morgan fingerprint density at radius 2 is 2.04 bits per heavy atom. The molecule has 6 nitrogen and oxygen atoms in total. The molecule has 0 aliphatic carbocycles. The molecular weight excluding hydrogens is 306 g/mol. The van der Waals surface area contributed by atoms with Crippen molar-refractivity contribution >= 4 is 17.6 Å². The summed E-state index contributed by atoms with van der Waals surface area (Å²) in [7, 11) is 0. The molecule has 1 aromatic carbocycles. The predicted molar refractivity (Wildman–Crippen MR) is 91.1 cm³/mol. The average molecular weight is 331 g/mol. The summed E-state index contributed by atoms with van der Waals surface area (Å²) in [6, 6.07) is 8.12. The first-order valence-corrected chi connectivity index (χ1v) is 8.41. The van der Waals surface area contributed by atoms with Crippen LogP contribution in [0, 0.1) is 5.92 Å². The Morgan fingerprint density at radius 1 is 1.33 bits per heavy atom. The molecule has 6 heteroatoms. The molecule has 0 spiro atoms. The molecule has 1 aliphatic heterocycles. The molecule has 24 heavy (non-hydrogen) atoms. The second kappa shape index (κ2) is 8.59. The maximum atomic E-state index is 12.3. The first-order valence-electron chi connectivity index (χ1n) is 8.41. The van der Waals surface area contributed by atoms with Crippen molar-refractivity contribution in [3.63, 3.8) is 0 Å². The minimum absolute atomic E-state index is 0.0493. The lowest BCUT2D eigenvalue weighted by molar-refractivity contribution is -0.129. The van der Waals surface area contributed by atoms with Crippen molar-refractivity contribution in [1.29, 1.82) is 0 Å². The fourth-order valence-electron chi connectivity index (χ4n) is 2.91. The number of amides is 2. The molecule has 1 aliphatic rings. The van der Waals surface area contributed by atoms with Gasteiger partial charge in [-0.2, -0.15) is 0 Å². The summed E-state index contributed by atoms with van der Waals surface area (Å²) in [6.07, 6.45) is 1.75. The Labute approximate surface area is 142 Å². The molecule has 3 atom stereocenters. The molecule has 0 saturated carbocycles. The fourth-order valence-corrected chi connectivity index (χ4v) is 2.91. The van der Waals surface area contributed by atoms with E-state index in [0.29, 0.717) is 32.2 Å². The van der Waals surface area contributed by atoms with E-state index in [1.54, 1.807) is 6.92 Å². The Bertz CT molecular complexity index is 588. The number of Topliss-reactive ketones (excluding diaryl/α,β-unsaturated/α-hetero) is 1. The van der Waals surface area contributed by atoms with Crippen LogP contribution in [-0.4, -0.2) is 36.2 Å². The van der Waals surface area contributed by atoms with Gasteiger partial charge >= 0.3 is 0 Å². The zero-order valence-corrected chi connectivity index (χ0v) is 14.0. The largest absolute Gasteiger partial charge is 0.356 e. The monoisotopic (exact) mass is 331 g/mol. The van der Waals surface area contributed by atoms with E-state index >= 15 is 0 Å². The molecule has 0 unspecified atom stereocenters. The molecular formula is C18H25N3O3. The van der Waals surface area contributed by atoms with Gasteiger partial charge in [0.25, 0.3) is 0 Å². The van der Waals surface area contributed by atoms with E-state index in [4.69, 9.17) is 5.73 Å². The lowest BCUT2D eigenvalue weighted by Gasteiger charge is -2.21. The van der Waals surface area contributed by atoms with Crippen LogP contribution < -0.4 is 16.4 Å². The van der Waals surface area contributed by atoms with Crippen LogP contribution in [0.2, 0.25) is 0 Å². The van der Waals surface area contributed by atoms with Gasteiger partial charge in [0.2, 0.25) is 11.8 Å². The molecule has 130 valence electrons. The third-order valence-corrected chi connectivity index (χ3v) is 4.37. The Kier molecular flexibility index (Phi) is 6.49. The maximum absolute atomic E-state index is 12.3. The summed E-state index contributed by atoms with van der Waals surface area (Å²) in [5.74, 6) is -0.707. The van der Waals surface area contributed by atoms with Crippen molar-refractivity contribution in [1.82, 2.24) is 10.6 Å². The number of nitrogens with one attached hydrogen (secondary N) is 2. The topological polar surface area (TPSA) is 101 Å². The van der Waals surface area contributed by atoms with Gasteiger partial charge in [0.1, 0.15) is 0 Å². The van der Waals surface area contributed by atoms with Crippen molar-refractivity contribution < 1.29 is 14.4 Å². The molecule has 1 fully saturated rings. The molecule has 0 radical (unpaired) electrons. The van der Waals surface area contributed by atoms with E-state index in [-0.39, 0.29) is 23.5 Å². The number of hydrogen-bond donors (Lipinski definition) is 3. The highest BCUT2D eigenvalue weighted by Gasteiger charge is 2.31. The van der Waals surface area contributed by atoms with E-state index in [0.717, 1.165) is 5.56 Å². The molecule has 0 bridgehead atoms. The van der Waals surface area contributed by atoms with Crippen LogP contribution in [0.15, 0.2) is 30.3 Å². The number of ketones is 1. The van der Waals surface area contributed by atoms with Gasteiger partial charge in [0.15, 0.2) is 5.78 Å². The van der Waals surface area contributed by atoms with E-state index in [2.05, 4.69) is 10.6 Å². The van der Waals surface area contributed by atoms with Crippen LogP contribution in [0.1, 0.15) is 31.7 Å². The van der Waals surface area contributed by atoms with Crippen LogP contribution in [0.4, 0.5) is 0 Å². The smallest absolute Gasteiger partial charge is 0.237 e. The normalized spacial score (nSPS) is 19.4. The quantitative estimate of drug-likeness (QED) is 0.647. The number of benzene rings is 1. The molecule has 1 aromatic rings. The van der Waals surface area contributed by atoms with Gasteiger partial charge in [-0.3, -0.25) is 14.4 Å². The van der Waals surface area contributed by atoms with E-state index < -0.39 is 12.1 Å². The van der Waals surface area contributed by atoms with Crippen LogP contribution in [-0.2, 0) is 20.8 Å². The maximum Gasteiger partial charge on any atom is 0.237 e. The number of carbonyl (C=O) groups excluding carboxylic acids is 3. The number of carbonyl (C=O) groups is 3. The Hall–Kier alpha value is -2.21. The molecule has 1 heterocycles. The molecule has 0 aromatic heterocycles. The standard InChI is InChI=1S/C18H25N3O3/c1-2-16(22)15(11-13-8-9-20-17(13)23)21-18(24)14(19)10-12-6-4-3-5-7-12/h3-7,13-15H,2,8-11,19H2,1H3,(H,20,23)(H,21,24)/t13-,14-,15-/m0/s1. The molecule has 1 saturated heterocycles. The van der Waals surface area contributed by atoms with Crippen LogP contribution in [0.3, 0.4) is 0 Å². The van der Waals surface area contributed by atoms with Crippen molar-refractivity contribution in [2.75, 3.05) is 6.54 Å². The Morgan fingerprint density at radius 3 is 2.62 bits per heavy atom. The summed E-state index contributed by atoms with van der Waals surface area (Å²) in [5.41, 5.74) is 6.94. The van der Waals surface area contributed by atoms with Crippen molar-refractivity contribution in [3.05, 3.63) is 35.9 Å². The zero-order valence-electron chi connectivity index (χ0n) is 14.0. The zero-order chi connectivity index (χ0) is 17.5. The minimum atomic E-state index is -0.725. The fraction of sp³-hybridized carbons (Fsp3) is 0.500. The summed E-state index contributed by atoms with van der Waals surface area (Å²) in [4.78, 5) is 36.2. The van der Waals surface area contributed by atoms with Gasteiger partial charge in [-0.15, -0.1) is 0 Å². The van der Waals surface area contributed by atoms with E-state index in [1.165, 1.54) is 0 Å². The third-order valence-electron chi connectivity index (χ3n) is 4.37. The predicted octanol–water partition coefficient (Wildman–Crippen LogP) is 0.547. The molecule has 2 amide bonds. The van der Waals surface area contributed by atoms with Gasteiger partial charge in [-0.05, 0) is 24.8 Å². The van der Waals surface area contributed by atoms with Gasteiger partial charge in [0.05, 0.1) is 12.1 Å². The van der Waals surface area contributed by atoms with Crippen LogP contribution >= 0.6 is 0 Å². The number of rotatable bonds is 8. The number of nitrogens with two attached hydrogens (primary N) is 1. The summed E-state index contributed by atoms with van der Waals surface area (Å²) >= 11 is 0. The van der Waals surface area contributed by atoms with Crippen molar-refractivity contribution in [2.24, 2.45) is 11.7 Å². The van der Waals surface area contributed by atoms with E-state index in [1.807, 2.05) is 30.3 Å². The minimum Gasteiger partial charge on any atom is -0.356 e. The van der Waals surface area contributed by atoms with Gasteiger partial charge in [-0.1, -0.05) is 37.3 Å². The highest BCUT2D eigenvalue weighted by atomic mass is 16.2. The first-order chi connectivity index (χ1) is 11.5. The lowest BCUT2D eigenvalue weighted by Crippen LogP contribution is -2.50. The van der Waals surface area contributed by atoms with E-state index in [9.17, 15) is 14.4 Å². The summed E-state index contributed by atoms with van der Waals surface area (Å²) < 4.78 is 0. The van der Waals surface area contributed by atoms with Gasteiger partial charge < -0.3 is 16.4 Å². The third kappa shape index (κ3) is 4.89. The Balaban J connectivity index is 1.95. The average Bonchev–Trinajstić information content (AvgIpc) is 2.99. The molecule has 4 N–H and O–H groups in total. The summed E-state index contributed by atoms with van der Waals surface area (Å²) in [5, 5.41) is 5.49. The van der Waals surface area contributed by atoms with Gasteiger partial charge in [-0.25, -0.2) is 0 Å². The highest BCUT2D eigenvalue weighted by molar-refractivity contribution is 5.91. The van der Waals surface area contributed by atoms with Crippen molar-refractivity contribution in [3.8, 4) is 0 Å². The molecule has 2 rings (SSSR count). The number of hydrogen-bond acceptors (Lipinski definition) is 4.